The number of pyridine rings is 1. The fourth-order valence-corrected chi connectivity index (χ4v) is 2.50. The number of nitrogens with two attached hydrogens (primary N) is 1. The smallest absolute Gasteiger partial charge is 0.213 e. The van der Waals surface area contributed by atoms with Crippen molar-refractivity contribution in [1.29, 1.82) is 0 Å². The number of halogens is 1. The number of anilines is 1. The molecule has 0 saturated carbocycles. The van der Waals surface area contributed by atoms with Gasteiger partial charge in [-0.3, -0.25) is 0 Å². The van der Waals surface area contributed by atoms with Crippen LogP contribution in [0.5, 0.6) is 5.88 Å². The number of rotatable bonds is 3. The molecule has 19 heavy (non-hydrogen) atoms. The summed E-state index contributed by atoms with van der Waals surface area (Å²) in [6, 6.07) is 5.48. The molecule has 0 aliphatic heterocycles. The summed E-state index contributed by atoms with van der Waals surface area (Å²) in [5.41, 5.74) is 7.54. The summed E-state index contributed by atoms with van der Waals surface area (Å²) in [5.74, 6) is 1.82. The summed E-state index contributed by atoms with van der Waals surface area (Å²) in [7, 11) is 1.58. The number of hydrogen-bond acceptors (Lipinski definition) is 5. The lowest BCUT2D eigenvalue weighted by Gasteiger charge is -2.11. The van der Waals surface area contributed by atoms with E-state index in [9.17, 15) is 0 Å². The summed E-state index contributed by atoms with van der Waals surface area (Å²) in [5, 5.41) is 0. The molecule has 0 saturated heterocycles. The van der Waals surface area contributed by atoms with Gasteiger partial charge >= 0.3 is 0 Å². The zero-order valence-electron chi connectivity index (χ0n) is 11.0. The van der Waals surface area contributed by atoms with Gasteiger partial charge in [0.15, 0.2) is 5.82 Å². The first-order valence-corrected chi connectivity index (χ1v) is 6.95. The molecule has 0 bridgehead atoms. The van der Waals surface area contributed by atoms with Crippen LogP contribution in [-0.2, 0) is 0 Å². The largest absolute Gasteiger partial charge is 0.481 e. The third kappa shape index (κ3) is 2.94. The van der Waals surface area contributed by atoms with E-state index < -0.39 is 0 Å². The lowest BCUT2D eigenvalue weighted by Crippen LogP contribution is -2.07. The van der Waals surface area contributed by atoms with Gasteiger partial charge in [-0.25, -0.2) is 15.0 Å². The average Bonchev–Trinajstić information content (AvgIpc) is 2.41. The van der Waals surface area contributed by atoms with Crippen molar-refractivity contribution >= 4 is 28.4 Å². The lowest BCUT2D eigenvalue weighted by molar-refractivity contribution is 0.398. The Kier molecular flexibility index (Phi) is 4.18. The summed E-state index contributed by atoms with van der Waals surface area (Å²) in [6.07, 6.45) is 0. The zero-order chi connectivity index (χ0) is 14.0. The summed E-state index contributed by atoms with van der Waals surface area (Å²) in [4.78, 5) is 13.2. The van der Waals surface area contributed by atoms with Crippen molar-refractivity contribution in [2.45, 2.75) is 19.8 Å². The minimum atomic E-state index is 0.279. The number of nitrogen functional groups attached to an aromatic ring is 1. The van der Waals surface area contributed by atoms with Gasteiger partial charge in [0.25, 0.3) is 0 Å². The fraction of sp³-hybridized carbons (Fsp3) is 0.308. The topological polar surface area (TPSA) is 73.9 Å². The standard InChI is InChI=1S/C13H15IN4O/c1-7(2)11-10(14)12(15)18-13(17-11)8-5-4-6-9(16-8)19-3/h4-7H,1-3H3,(H2,15,17,18). The molecular weight excluding hydrogens is 355 g/mol. The van der Waals surface area contributed by atoms with Crippen molar-refractivity contribution in [2.24, 2.45) is 0 Å². The molecule has 0 aliphatic rings. The maximum Gasteiger partial charge on any atom is 0.213 e. The average molecular weight is 370 g/mol. The highest BCUT2D eigenvalue weighted by atomic mass is 127. The number of methoxy groups -OCH3 is 1. The monoisotopic (exact) mass is 370 g/mol. The molecule has 0 aromatic carbocycles. The Hall–Kier alpha value is -1.44. The second kappa shape index (κ2) is 5.68. The fourth-order valence-electron chi connectivity index (χ4n) is 1.63. The summed E-state index contributed by atoms with van der Waals surface area (Å²) >= 11 is 2.18. The molecule has 2 aromatic heterocycles. The molecule has 0 amide bonds. The van der Waals surface area contributed by atoms with Crippen molar-refractivity contribution in [3.8, 4) is 17.4 Å². The van der Waals surface area contributed by atoms with Crippen molar-refractivity contribution in [3.63, 3.8) is 0 Å². The molecule has 2 heterocycles. The van der Waals surface area contributed by atoms with Crippen LogP contribution in [0.2, 0.25) is 0 Å². The van der Waals surface area contributed by atoms with Gasteiger partial charge in [-0.1, -0.05) is 19.9 Å². The van der Waals surface area contributed by atoms with Crippen LogP contribution in [0.3, 0.4) is 0 Å². The van der Waals surface area contributed by atoms with Gasteiger partial charge in [0.1, 0.15) is 11.5 Å². The van der Waals surface area contributed by atoms with Crippen LogP contribution in [0.15, 0.2) is 18.2 Å². The molecule has 0 atom stereocenters. The van der Waals surface area contributed by atoms with Gasteiger partial charge in [0.05, 0.1) is 16.4 Å². The number of nitrogens with zero attached hydrogens (tertiary/aromatic N) is 3. The van der Waals surface area contributed by atoms with E-state index in [1.165, 1.54) is 0 Å². The Morgan fingerprint density at radius 1 is 1.21 bits per heavy atom. The van der Waals surface area contributed by atoms with E-state index in [0.29, 0.717) is 23.2 Å². The van der Waals surface area contributed by atoms with Crippen molar-refractivity contribution in [1.82, 2.24) is 15.0 Å². The molecular formula is C13H15IN4O. The third-order valence-electron chi connectivity index (χ3n) is 2.61. The van der Waals surface area contributed by atoms with E-state index in [-0.39, 0.29) is 5.92 Å². The predicted molar refractivity (Wildman–Crippen MR) is 83.0 cm³/mol. The Morgan fingerprint density at radius 3 is 2.58 bits per heavy atom. The molecule has 100 valence electrons. The first kappa shape index (κ1) is 14.0. The van der Waals surface area contributed by atoms with Gasteiger partial charge in [-0.05, 0) is 34.6 Å². The molecule has 0 radical (unpaired) electrons. The number of aromatic nitrogens is 3. The third-order valence-corrected chi connectivity index (χ3v) is 3.72. The van der Waals surface area contributed by atoms with Crippen LogP contribution in [0.4, 0.5) is 5.82 Å². The van der Waals surface area contributed by atoms with Gasteiger partial charge in [0, 0.05) is 6.07 Å². The molecule has 2 rings (SSSR count). The van der Waals surface area contributed by atoms with Crippen LogP contribution in [0, 0.1) is 3.57 Å². The summed E-state index contributed by atoms with van der Waals surface area (Å²) in [6.45, 7) is 4.15. The van der Waals surface area contributed by atoms with Gasteiger partial charge < -0.3 is 10.5 Å². The molecule has 0 aliphatic carbocycles. The Bertz CT molecular complexity index is 601. The molecule has 6 heteroatoms. The first-order valence-electron chi connectivity index (χ1n) is 5.87. The van der Waals surface area contributed by atoms with E-state index in [1.54, 1.807) is 13.2 Å². The molecule has 2 aromatic rings. The second-order valence-corrected chi connectivity index (χ2v) is 5.43. The quantitative estimate of drug-likeness (QED) is 0.842. The Balaban J connectivity index is 2.56. The van der Waals surface area contributed by atoms with E-state index in [1.807, 2.05) is 12.1 Å². The summed E-state index contributed by atoms with van der Waals surface area (Å²) < 4.78 is 6.01. The highest BCUT2D eigenvalue weighted by Crippen LogP contribution is 2.26. The lowest BCUT2D eigenvalue weighted by atomic mass is 10.1. The molecule has 0 unspecified atom stereocenters. The second-order valence-electron chi connectivity index (χ2n) is 4.35. The van der Waals surface area contributed by atoms with E-state index in [4.69, 9.17) is 10.5 Å². The minimum Gasteiger partial charge on any atom is -0.481 e. The first-order chi connectivity index (χ1) is 9.02. The van der Waals surface area contributed by atoms with Crippen molar-refractivity contribution in [2.75, 3.05) is 12.8 Å². The van der Waals surface area contributed by atoms with Gasteiger partial charge in [0.2, 0.25) is 5.88 Å². The maximum absolute atomic E-state index is 5.95. The Labute approximate surface area is 125 Å². The zero-order valence-corrected chi connectivity index (χ0v) is 13.2. The van der Waals surface area contributed by atoms with E-state index >= 15 is 0 Å². The van der Waals surface area contributed by atoms with Crippen LogP contribution < -0.4 is 10.5 Å². The van der Waals surface area contributed by atoms with Crippen LogP contribution >= 0.6 is 22.6 Å². The molecule has 5 nitrogen and oxygen atoms in total. The predicted octanol–water partition coefficient (Wildman–Crippen LogP) is 2.86. The maximum atomic E-state index is 5.95. The number of hydrogen-bond donors (Lipinski definition) is 1. The molecule has 2 N–H and O–H groups in total. The van der Waals surface area contributed by atoms with Crippen LogP contribution in [-0.4, -0.2) is 22.1 Å². The normalized spacial score (nSPS) is 10.8. The number of ether oxygens (including phenoxy) is 1. The SMILES string of the molecule is COc1cccc(-c2nc(N)c(I)c(C(C)C)n2)n1. The van der Waals surface area contributed by atoms with Crippen LogP contribution in [0.1, 0.15) is 25.5 Å². The van der Waals surface area contributed by atoms with Crippen molar-refractivity contribution in [3.05, 3.63) is 27.5 Å². The Morgan fingerprint density at radius 2 is 1.95 bits per heavy atom. The molecule has 0 fully saturated rings. The highest BCUT2D eigenvalue weighted by molar-refractivity contribution is 14.1. The van der Waals surface area contributed by atoms with Crippen molar-refractivity contribution < 1.29 is 4.74 Å². The highest BCUT2D eigenvalue weighted by Gasteiger charge is 2.15. The molecule has 0 spiro atoms. The van der Waals surface area contributed by atoms with E-state index in [0.717, 1.165) is 9.26 Å². The van der Waals surface area contributed by atoms with Gasteiger partial charge in [-0.15, -0.1) is 0 Å². The van der Waals surface area contributed by atoms with Gasteiger partial charge in [-0.2, -0.15) is 0 Å². The van der Waals surface area contributed by atoms with Crippen LogP contribution in [0.25, 0.3) is 11.5 Å². The van der Waals surface area contributed by atoms with E-state index in [2.05, 4.69) is 51.4 Å². The minimum absolute atomic E-state index is 0.279.